The van der Waals surface area contributed by atoms with Gasteiger partial charge in [-0.1, -0.05) is 24.8 Å². The number of aryl methyl sites for hydroxylation is 2. The summed E-state index contributed by atoms with van der Waals surface area (Å²) >= 11 is 2.73. The second-order valence-electron chi connectivity index (χ2n) is 6.44. The summed E-state index contributed by atoms with van der Waals surface area (Å²) in [6.07, 6.45) is 1.45. The number of esters is 1. The Balaban J connectivity index is 1.94. The van der Waals surface area contributed by atoms with Gasteiger partial charge >= 0.3 is 5.97 Å². The zero-order valence-electron chi connectivity index (χ0n) is 17.4. The Labute approximate surface area is 183 Å². The number of nitrogens with zero attached hydrogens (tertiary/aromatic N) is 2. The quantitative estimate of drug-likeness (QED) is 0.281. The number of ether oxygens (including phenoxy) is 3. The molecule has 2 heterocycles. The molecule has 3 rings (SSSR count). The maximum absolute atomic E-state index is 13.2. The number of hydrogen-bond acceptors (Lipinski definition) is 8. The van der Waals surface area contributed by atoms with E-state index in [0.717, 1.165) is 16.9 Å². The molecule has 160 valence electrons. The van der Waals surface area contributed by atoms with Crippen molar-refractivity contribution in [2.45, 2.75) is 31.5 Å². The Morgan fingerprint density at radius 3 is 2.60 bits per heavy atom. The van der Waals surface area contributed by atoms with Crippen molar-refractivity contribution in [1.29, 1.82) is 0 Å². The molecule has 0 amide bonds. The van der Waals surface area contributed by atoms with E-state index in [4.69, 9.17) is 14.2 Å². The van der Waals surface area contributed by atoms with Crippen LogP contribution in [0.15, 0.2) is 34.2 Å². The van der Waals surface area contributed by atoms with Crippen molar-refractivity contribution < 1.29 is 19.0 Å². The van der Waals surface area contributed by atoms with Crippen molar-refractivity contribution in [3.05, 3.63) is 45.1 Å². The average Bonchev–Trinajstić information content (AvgIpc) is 3.20. The number of fused-ring (bicyclic) bond motifs is 1. The van der Waals surface area contributed by atoms with Gasteiger partial charge in [0, 0.05) is 11.4 Å². The van der Waals surface area contributed by atoms with E-state index in [9.17, 15) is 9.59 Å². The van der Waals surface area contributed by atoms with Gasteiger partial charge in [-0.25, -0.2) is 4.98 Å². The van der Waals surface area contributed by atoms with Crippen molar-refractivity contribution >= 4 is 39.3 Å². The maximum atomic E-state index is 13.2. The van der Waals surface area contributed by atoms with Gasteiger partial charge in [-0.2, -0.15) is 0 Å². The first-order valence-corrected chi connectivity index (χ1v) is 11.2. The van der Waals surface area contributed by atoms with Crippen LogP contribution in [0.2, 0.25) is 0 Å². The number of carbonyl (C=O) groups is 1. The Kier molecular flexibility index (Phi) is 7.38. The van der Waals surface area contributed by atoms with Gasteiger partial charge in [0.05, 0.1) is 32.5 Å². The number of hydrogen-bond donors (Lipinski definition) is 0. The van der Waals surface area contributed by atoms with Gasteiger partial charge in [-0.05, 0) is 36.6 Å². The zero-order chi connectivity index (χ0) is 21.7. The number of thioether (sulfide) groups is 1. The Hall–Kier alpha value is -2.52. The number of methoxy groups -OCH3 is 3. The zero-order valence-corrected chi connectivity index (χ0v) is 19.0. The molecule has 0 saturated heterocycles. The highest BCUT2D eigenvalue weighted by Gasteiger charge is 2.16. The second-order valence-corrected chi connectivity index (χ2v) is 8.50. The first kappa shape index (κ1) is 22.2. The largest absolute Gasteiger partial charge is 0.493 e. The average molecular weight is 449 g/mol. The van der Waals surface area contributed by atoms with E-state index in [1.165, 1.54) is 30.2 Å². The fourth-order valence-electron chi connectivity index (χ4n) is 2.99. The predicted octanol–water partition coefficient (Wildman–Crippen LogP) is 3.55. The van der Waals surface area contributed by atoms with E-state index >= 15 is 0 Å². The standard InChI is InChI=1S/C21H24N2O5S2/c1-5-14-11-15-19(30-14)22-21(29-12-18(24)28-4)23(20(15)25)9-8-13-6-7-16(26-2)17(10-13)27-3/h6-7,10-11H,5,8-9,12H2,1-4H3. The molecule has 0 aliphatic carbocycles. The van der Waals surface area contributed by atoms with E-state index in [0.29, 0.717) is 39.8 Å². The predicted molar refractivity (Wildman–Crippen MR) is 119 cm³/mol. The SMILES string of the molecule is CCc1cc2c(=O)n(CCc3ccc(OC)c(OC)c3)c(SCC(=O)OC)nc2s1. The van der Waals surface area contributed by atoms with Crippen LogP contribution in [0.3, 0.4) is 0 Å². The lowest BCUT2D eigenvalue weighted by molar-refractivity contribution is -0.137. The van der Waals surface area contributed by atoms with E-state index < -0.39 is 0 Å². The lowest BCUT2D eigenvalue weighted by Gasteiger charge is -2.13. The van der Waals surface area contributed by atoms with Crippen LogP contribution < -0.4 is 15.0 Å². The van der Waals surface area contributed by atoms with Crippen LogP contribution in [0.25, 0.3) is 10.2 Å². The summed E-state index contributed by atoms with van der Waals surface area (Å²) in [5.74, 6) is 1.03. The minimum absolute atomic E-state index is 0.0937. The smallest absolute Gasteiger partial charge is 0.316 e. The lowest BCUT2D eigenvalue weighted by atomic mass is 10.1. The summed E-state index contributed by atoms with van der Waals surface area (Å²) in [7, 11) is 4.53. The van der Waals surface area contributed by atoms with Crippen molar-refractivity contribution in [2.24, 2.45) is 0 Å². The van der Waals surface area contributed by atoms with Gasteiger partial charge in [0.1, 0.15) is 4.83 Å². The molecule has 0 N–H and O–H groups in total. The second kappa shape index (κ2) is 9.99. The molecule has 0 aliphatic rings. The molecule has 0 saturated carbocycles. The molecule has 3 aromatic rings. The first-order valence-electron chi connectivity index (χ1n) is 9.44. The van der Waals surface area contributed by atoms with Gasteiger partial charge < -0.3 is 14.2 Å². The Morgan fingerprint density at radius 2 is 1.93 bits per heavy atom. The molecule has 9 heteroatoms. The molecule has 7 nitrogen and oxygen atoms in total. The number of thiophene rings is 1. The normalized spacial score (nSPS) is 10.9. The minimum Gasteiger partial charge on any atom is -0.493 e. The topological polar surface area (TPSA) is 79.7 Å². The van der Waals surface area contributed by atoms with Crippen LogP contribution in [0.1, 0.15) is 17.4 Å². The van der Waals surface area contributed by atoms with Crippen LogP contribution in [0, 0.1) is 0 Å². The summed E-state index contributed by atoms with van der Waals surface area (Å²) < 4.78 is 17.0. The van der Waals surface area contributed by atoms with Crippen LogP contribution in [-0.2, 0) is 28.9 Å². The van der Waals surface area contributed by atoms with Crippen molar-refractivity contribution in [3.63, 3.8) is 0 Å². The highest BCUT2D eigenvalue weighted by atomic mass is 32.2. The summed E-state index contributed by atoms with van der Waals surface area (Å²) in [5.41, 5.74) is 0.909. The van der Waals surface area contributed by atoms with Gasteiger partial charge in [0.15, 0.2) is 16.7 Å². The maximum Gasteiger partial charge on any atom is 0.316 e. The molecule has 0 spiro atoms. The first-order chi connectivity index (χ1) is 14.5. The fraction of sp³-hybridized carbons (Fsp3) is 0.381. The molecule has 0 bridgehead atoms. The van der Waals surface area contributed by atoms with E-state index in [2.05, 4.69) is 4.98 Å². The molecule has 2 aromatic heterocycles. The molecule has 0 fully saturated rings. The molecule has 30 heavy (non-hydrogen) atoms. The van der Waals surface area contributed by atoms with Gasteiger partial charge in [0.25, 0.3) is 5.56 Å². The monoisotopic (exact) mass is 448 g/mol. The molecule has 1 aromatic carbocycles. The third-order valence-electron chi connectivity index (χ3n) is 4.63. The highest BCUT2D eigenvalue weighted by Crippen LogP contribution is 2.28. The summed E-state index contributed by atoms with van der Waals surface area (Å²) in [4.78, 5) is 31.3. The molecule has 0 atom stereocenters. The summed E-state index contributed by atoms with van der Waals surface area (Å²) in [5, 5.41) is 1.13. The van der Waals surface area contributed by atoms with Gasteiger partial charge in [0.2, 0.25) is 0 Å². The van der Waals surface area contributed by atoms with Crippen molar-refractivity contribution in [2.75, 3.05) is 27.1 Å². The molecule has 0 unspecified atom stereocenters. The number of rotatable bonds is 9. The van der Waals surface area contributed by atoms with Gasteiger partial charge in [-0.3, -0.25) is 14.2 Å². The van der Waals surface area contributed by atoms with Crippen LogP contribution in [0.4, 0.5) is 0 Å². The molecule has 0 aliphatic heterocycles. The number of benzene rings is 1. The number of aromatic nitrogens is 2. The Bertz CT molecular complexity index is 1110. The van der Waals surface area contributed by atoms with Crippen LogP contribution in [-0.4, -0.2) is 42.6 Å². The summed E-state index contributed by atoms with van der Waals surface area (Å²) in [6.45, 7) is 2.48. The molecule has 0 radical (unpaired) electrons. The summed E-state index contributed by atoms with van der Waals surface area (Å²) in [6, 6.07) is 7.60. The third-order valence-corrected chi connectivity index (χ3v) is 6.76. The van der Waals surface area contributed by atoms with Gasteiger partial charge in [-0.15, -0.1) is 11.3 Å². The van der Waals surface area contributed by atoms with E-state index in [1.807, 2.05) is 31.2 Å². The van der Waals surface area contributed by atoms with Crippen molar-refractivity contribution in [1.82, 2.24) is 9.55 Å². The number of carbonyl (C=O) groups excluding carboxylic acids is 1. The van der Waals surface area contributed by atoms with E-state index in [-0.39, 0.29) is 17.3 Å². The van der Waals surface area contributed by atoms with E-state index in [1.54, 1.807) is 18.8 Å². The fourth-order valence-corrected chi connectivity index (χ4v) is 4.85. The molecular formula is C21H24N2O5S2. The van der Waals surface area contributed by atoms with Crippen LogP contribution >= 0.6 is 23.1 Å². The lowest BCUT2D eigenvalue weighted by Crippen LogP contribution is -2.24. The highest BCUT2D eigenvalue weighted by molar-refractivity contribution is 7.99. The third kappa shape index (κ3) is 4.79. The minimum atomic E-state index is -0.360. The van der Waals surface area contributed by atoms with Crippen molar-refractivity contribution in [3.8, 4) is 11.5 Å². The Morgan fingerprint density at radius 1 is 1.17 bits per heavy atom. The molecular weight excluding hydrogens is 424 g/mol. The van der Waals surface area contributed by atoms with Crippen LogP contribution in [0.5, 0.6) is 11.5 Å².